The average Bonchev–Trinajstić information content (AvgIpc) is 3.42. The zero-order valence-electron chi connectivity index (χ0n) is 15.6. The molecular weight excluding hydrogens is 378 g/mol. The number of amides is 1. The molecule has 0 unspecified atom stereocenters. The molecule has 146 valence electrons. The lowest BCUT2D eigenvalue weighted by Crippen LogP contribution is -2.49. The maximum absolute atomic E-state index is 12.6. The fraction of sp³-hybridized carbons (Fsp3) is 0.389. The summed E-state index contributed by atoms with van der Waals surface area (Å²) in [4.78, 5) is 25.2. The molecule has 1 aliphatic rings. The van der Waals surface area contributed by atoms with Gasteiger partial charge in [0.25, 0.3) is 0 Å². The molecule has 0 bridgehead atoms. The molecule has 3 aromatic heterocycles. The van der Waals surface area contributed by atoms with E-state index in [4.69, 9.17) is 4.42 Å². The Labute approximate surface area is 166 Å². The topological polar surface area (TPSA) is 93.2 Å². The van der Waals surface area contributed by atoms with Crippen LogP contribution in [0.5, 0.6) is 0 Å². The second kappa shape index (κ2) is 8.42. The van der Waals surface area contributed by atoms with E-state index in [2.05, 4.69) is 25.1 Å². The van der Waals surface area contributed by atoms with Crippen LogP contribution in [0, 0.1) is 0 Å². The Hall–Kier alpha value is -2.88. The molecule has 0 aliphatic carbocycles. The first-order valence-electron chi connectivity index (χ1n) is 9.16. The molecule has 0 atom stereocenters. The molecule has 0 N–H and O–H groups in total. The number of nitrogens with zero attached hydrogens (tertiary/aromatic N) is 7. The van der Waals surface area contributed by atoms with Crippen molar-refractivity contribution < 1.29 is 9.21 Å². The predicted octanol–water partition coefficient (Wildman–Crippen LogP) is 1.79. The lowest BCUT2D eigenvalue weighted by Gasteiger charge is -2.34. The van der Waals surface area contributed by atoms with Crippen molar-refractivity contribution in [3.63, 3.8) is 0 Å². The summed E-state index contributed by atoms with van der Waals surface area (Å²) in [5, 5.41) is 9.17. The van der Waals surface area contributed by atoms with Crippen LogP contribution >= 0.6 is 11.8 Å². The molecule has 1 amide bonds. The molecule has 10 heteroatoms. The van der Waals surface area contributed by atoms with Crippen LogP contribution in [0.2, 0.25) is 0 Å². The largest absolute Gasteiger partial charge is 0.461 e. The first-order chi connectivity index (χ1) is 13.8. The van der Waals surface area contributed by atoms with Gasteiger partial charge in [0.1, 0.15) is 0 Å². The first kappa shape index (κ1) is 18.5. The molecule has 1 fully saturated rings. The number of piperazine rings is 1. The number of rotatable bonds is 6. The van der Waals surface area contributed by atoms with Gasteiger partial charge in [-0.2, -0.15) is 0 Å². The molecule has 1 aliphatic heterocycles. The fourth-order valence-electron chi connectivity index (χ4n) is 3.10. The molecular formula is C18H21N7O2S. The standard InChI is InChI=1S/C18H21N7O2S/c1-2-25-16(14-5-3-12-27-14)21-22-18(25)28-13-15(26)23-8-10-24(11-9-23)17-19-6-4-7-20-17/h3-7,12H,2,8-11,13H2,1H3. The highest BCUT2D eigenvalue weighted by molar-refractivity contribution is 7.99. The zero-order chi connectivity index (χ0) is 19.3. The van der Waals surface area contributed by atoms with Gasteiger partial charge in [-0.05, 0) is 25.1 Å². The van der Waals surface area contributed by atoms with E-state index in [1.165, 1.54) is 11.8 Å². The first-order valence-corrected chi connectivity index (χ1v) is 10.1. The number of thioether (sulfide) groups is 1. The van der Waals surface area contributed by atoms with Crippen LogP contribution in [0.4, 0.5) is 5.95 Å². The Balaban J connectivity index is 1.33. The number of hydrogen-bond acceptors (Lipinski definition) is 8. The molecule has 28 heavy (non-hydrogen) atoms. The Morgan fingerprint density at radius 3 is 2.61 bits per heavy atom. The van der Waals surface area contributed by atoms with Crippen molar-refractivity contribution in [2.45, 2.75) is 18.6 Å². The van der Waals surface area contributed by atoms with Gasteiger partial charge in [0, 0.05) is 45.1 Å². The van der Waals surface area contributed by atoms with Gasteiger partial charge in [-0.3, -0.25) is 9.36 Å². The summed E-state index contributed by atoms with van der Waals surface area (Å²) in [6, 6.07) is 5.47. The van der Waals surface area contributed by atoms with Crippen LogP contribution in [0.1, 0.15) is 6.92 Å². The van der Waals surface area contributed by atoms with Gasteiger partial charge in [0.15, 0.2) is 16.7 Å². The second-order valence-electron chi connectivity index (χ2n) is 6.23. The Kier molecular flexibility index (Phi) is 5.56. The number of furan rings is 1. The van der Waals surface area contributed by atoms with E-state index in [9.17, 15) is 4.79 Å². The van der Waals surface area contributed by atoms with Gasteiger partial charge in [0.2, 0.25) is 11.9 Å². The summed E-state index contributed by atoms with van der Waals surface area (Å²) in [6.45, 7) is 5.51. The Morgan fingerprint density at radius 1 is 1.14 bits per heavy atom. The quantitative estimate of drug-likeness (QED) is 0.579. The normalized spacial score (nSPS) is 14.5. The van der Waals surface area contributed by atoms with Crippen molar-refractivity contribution >= 4 is 23.6 Å². The monoisotopic (exact) mass is 399 g/mol. The number of carbonyl (C=O) groups excluding carboxylic acids is 1. The third kappa shape index (κ3) is 3.86. The molecule has 0 spiro atoms. The Bertz CT molecular complexity index is 905. The van der Waals surface area contributed by atoms with Gasteiger partial charge in [-0.25, -0.2) is 9.97 Å². The van der Waals surface area contributed by atoms with Crippen molar-refractivity contribution in [3.05, 3.63) is 36.9 Å². The summed E-state index contributed by atoms with van der Waals surface area (Å²) in [7, 11) is 0. The van der Waals surface area contributed by atoms with E-state index < -0.39 is 0 Å². The highest BCUT2D eigenvalue weighted by atomic mass is 32.2. The van der Waals surface area contributed by atoms with Gasteiger partial charge in [-0.15, -0.1) is 10.2 Å². The average molecular weight is 399 g/mol. The number of carbonyl (C=O) groups is 1. The fourth-order valence-corrected chi connectivity index (χ4v) is 4.00. The lowest BCUT2D eigenvalue weighted by atomic mass is 10.3. The van der Waals surface area contributed by atoms with Crippen LogP contribution in [-0.2, 0) is 11.3 Å². The van der Waals surface area contributed by atoms with Gasteiger partial charge in [0.05, 0.1) is 12.0 Å². The molecule has 0 aromatic carbocycles. The van der Waals surface area contributed by atoms with E-state index in [1.54, 1.807) is 24.7 Å². The maximum atomic E-state index is 12.6. The summed E-state index contributed by atoms with van der Waals surface area (Å²) in [6.07, 6.45) is 5.08. The minimum atomic E-state index is 0.101. The third-order valence-corrected chi connectivity index (χ3v) is 5.52. The molecule has 0 saturated carbocycles. The van der Waals surface area contributed by atoms with Crippen molar-refractivity contribution in [2.24, 2.45) is 0 Å². The SMILES string of the molecule is CCn1c(SCC(=O)N2CCN(c3ncccn3)CC2)nnc1-c1ccco1. The smallest absolute Gasteiger partial charge is 0.233 e. The number of aromatic nitrogens is 5. The third-order valence-electron chi connectivity index (χ3n) is 4.57. The van der Waals surface area contributed by atoms with E-state index in [0.717, 1.165) is 18.2 Å². The van der Waals surface area contributed by atoms with E-state index >= 15 is 0 Å². The highest BCUT2D eigenvalue weighted by Crippen LogP contribution is 2.24. The van der Waals surface area contributed by atoms with Crippen LogP contribution in [-0.4, -0.2) is 67.5 Å². The van der Waals surface area contributed by atoms with Gasteiger partial charge in [-0.1, -0.05) is 11.8 Å². The minimum absolute atomic E-state index is 0.101. The summed E-state index contributed by atoms with van der Waals surface area (Å²) >= 11 is 1.41. The van der Waals surface area contributed by atoms with Crippen molar-refractivity contribution in [3.8, 4) is 11.6 Å². The minimum Gasteiger partial charge on any atom is -0.461 e. The van der Waals surface area contributed by atoms with Crippen molar-refractivity contribution in [2.75, 3.05) is 36.8 Å². The number of anilines is 1. The number of hydrogen-bond donors (Lipinski definition) is 0. The van der Waals surface area contributed by atoms with E-state index in [-0.39, 0.29) is 5.91 Å². The molecule has 0 radical (unpaired) electrons. The van der Waals surface area contributed by atoms with Crippen LogP contribution in [0.3, 0.4) is 0 Å². The molecule has 9 nitrogen and oxygen atoms in total. The van der Waals surface area contributed by atoms with Crippen LogP contribution in [0.25, 0.3) is 11.6 Å². The summed E-state index contributed by atoms with van der Waals surface area (Å²) in [5.41, 5.74) is 0. The zero-order valence-corrected chi connectivity index (χ0v) is 16.4. The van der Waals surface area contributed by atoms with Crippen molar-refractivity contribution in [1.82, 2.24) is 29.6 Å². The van der Waals surface area contributed by atoms with Gasteiger partial charge < -0.3 is 14.2 Å². The molecule has 1 saturated heterocycles. The van der Waals surface area contributed by atoms with Gasteiger partial charge >= 0.3 is 0 Å². The molecule has 4 rings (SSSR count). The highest BCUT2D eigenvalue weighted by Gasteiger charge is 2.23. The second-order valence-corrected chi connectivity index (χ2v) is 7.18. The van der Waals surface area contributed by atoms with Crippen LogP contribution < -0.4 is 4.90 Å². The molecule has 4 heterocycles. The lowest BCUT2D eigenvalue weighted by molar-refractivity contribution is -0.128. The predicted molar refractivity (Wildman–Crippen MR) is 105 cm³/mol. The van der Waals surface area contributed by atoms with Crippen molar-refractivity contribution in [1.29, 1.82) is 0 Å². The summed E-state index contributed by atoms with van der Waals surface area (Å²) in [5.74, 6) is 2.50. The van der Waals surface area contributed by atoms with E-state index in [1.807, 2.05) is 28.5 Å². The molecule has 3 aromatic rings. The van der Waals surface area contributed by atoms with E-state index in [0.29, 0.717) is 42.9 Å². The van der Waals surface area contributed by atoms with Crippen LogP contribution in [0.15, 0.2) is 46.4 Å². The Morgan fingerprint density at radius 2 is 1.93 bits per heavy atom. The summed E-state index contributed by atoms with van der Waals surface area (Å²) < 4.78 is 7.38. The maximum Gasteiger partial charge on any atom is 0.233 e.